The van der Waals surface area contributed by atoms with Crippen LogP contribution in [0.1, 0.15) is 37.6 Å². The number of hydrogen-bond donors (Lipinski definition) is 3. The number of anilines is 2. The minimum Gasteiger partial charge on any atom is -0.338 e. The Bertz CT molecular complexity index is 826. The zero-order valence-electron chi connectivity index (χ0n) is 15.9. The fourth-order valence-corrected chi connectivity index (χ4v) is 3.59. The Morgan fingerprint density at radius 3 is 2.44 bits per heavy atom. The van der Waals surface area contributed by atoms with Gasteiger partial charge in [-0.05, 0) is 30.0 Å². The third-order valence-electron chi connectivity index (χ3n) is 4.47. The summed E-state index contributed by atoms with van der Waals surface area (Å²) in [5.74, 6) is -0.583. The van der Waals surface area contributed by atoms with Gasteiger partial charge < -0.3 is 16.0 Å². The summed E-state index contributed by atoms with van der Waals surface area (Å²) < 4.78 is 25.6. The lowest BCUT2D eigenvalue weighted by Gasteiger charge is -2.42. The molecule has 152 valence electrons. The second-order valence-electron chi connectivity index (χ2n) is 7.43. The highest BCUT2D eigenvalue weighted by atomic mass is 35.5. The van der Waals surface area contributed by atoms with Crippen LogP contribution in [0.5, 0.6) is 0 Å². The van der Waals surface area contributed by atoms with E-state index in [1.54, 1.807) is 11.0 Å². The Morgan fingerprint density at radius 1 is 1.30 bits per heavy atom. The maximum atomic E-state index is 13.1. The molecule has 0 radical (unpaired) electrons. The highest BCUT2D eigenvalue weighted by molar-refractivity contribution is 7.92. The standard InChI is InChI=1S/C17H26N4O4S.ClH/c1-11(22)19-12-5-6-14(20-26(4,24)25)13(9-12)16(23)21-8-7-15(18)17(2,3)10-21;/h5-6,9,15,20H,7-8,10,18H2,1-4H3,(H,19,22);1H. The van der Waals surface area contributed by atoms with Crippen LogP contribution in [0.4, 0.5) is 11.4 Å². The third kappa shape index (κ3) is 6.08. The van der Waals surface area contributed by atoms with Gasteiger partial charge in [-0.3, -0.25) is 14.3 Å². The van der Waals surface area contributed by atoms with Gasteiger partial charge in [-0.1, -0.05) is 13.8 Å². The summed E-state index contributed by atoms with van der Waals surface area (Å²) in [7, 11) is -3.56. The lowest BCUT2D eigenvalue weighted by Crippen LogP contribution is -2.54. The van der Waals surface area contributed by atoms with Crippen LogP contribution in [0, 0.1) is 5.41 Å². The summed E-state index contributed by atoms with van der Waals surface area (Å²) in [6, 6.07) is 4.49. The molecule has 1 heterocycles. The number of halogens is 1. The molecule has 0 spiro atoms. The molecule has 1 aliphatic heterocycles. The van der Waals surface area contributed by atoms with Gasteiger partial charge in [-0.15, -0.1) is 12.4 Å². The normalized spacial score (nSPS) is 19.0. The van der Waals surface area contributed by atoms with Crippen LogP contribution in [0.15, 0.2) is 18.2 Å². The molecule has 4 N–H and O–H groups in total. The molecule has 0 bridgehead atoms. The molecule has 1 atom stereocenters. The summed E-state index contributed by atoms with van der Waals surface area (Å²) in [5.41, 5.74) is 6.68. The smallest absolute Gasteiger partial charge is 0.256 e. The maximum absolute atomic E-state index is 13.1. The van der Waals surface area contributed by atoms with Crippen LogP contribution in [-0.4, -0.2) is 50.5 Å². The predicted molar refractivity (Wildman–Crippen MR) is 109 cm³/mol. The van der Waals surface area contributed by atoms with E-state index in [9.17, 15) is 18.0 Å². The van der Waals surface area contributed by atoms with E-state index in [-0.39, 0.29) is 46.9 Å². The van der Waals surface area contributed by atoms with E-state index in [1.807, 2.05) is 13.8 Å². The number of benzene rings is 1. The molecule has 27 heavy (non-hydrogen) atoms. The SMILES string of the molecule is CC(=O)Nc1ccc(NS(C)(=O)=O)c(C(=O)N2CCC(N)C(C)(C)C2)c1.Cl. The van der Waals surface area contributed by atoms with Gasteiger partial charge in [0, 0.05) is 31.7 Å². The van der Waals surface area contributed by atoms with Crippen molar-refractivity contribution in [1.29, 1.82) is 0 Å². The summed E-state index contributed by atoms with van der Waals surface area (Å²) in [5, 5.41) is 2.61. The average molecular weight is 419 g/mol. The number of sulfonamides is 1. The molecule has 1 aromatic rings. The lowest BCUT2D eigenvalue weighted by atomic mass is 9.79. The van der Waals surface area contributed by atoms with E-state index in [2.05, 4.69) is 10.0 Å². The van der Waals surface area contributed by atoms with Crippen molar-refractivity contribution < 1.29 is 18.0 Å². The first-order chi connectivity index (χ1) is 11.9. The Kier molecular flexibility index (Phi) is 7.26. The molecular formula is C17H27ClN4O4S. The number of carbonyl (C=O) groups is 2. The van der Waals surface area contributed by atoms with E-state index in [0.717, 1.165) is 6.26 Å². The van der Waals surface area contributed by atoms with E-state index >= 15 is 0 Å². The van der Waals surface area contributed by atoms with Crippen LogP contribution in [0.3, 0.4) is 0 Å². The van der Waals surface area contributed by atoms with Gasteiger partial charge in [0.25, 0.3) is 5.91 Å². The fourth-order valence-electron chi connectivity index (χ4n) is 3.01. The number of nitrogens with one attached hydrogen (secondary N) is 2. The summed E-state index contributed by atoms with van der Waals surface area (Å²) >= 11 is 0. The molecule has 0 aromatic heterocycles. The van der Waals surface area contributed by atoms with Crippen molar-refractivity contribution >= 4 is 45.6 Å². The van der Waals surface area contributed by atoms with Crippen molar-refractivity contribution in [3.63, 3.8) is 0 Å². The van der Waals surface area contributed by atoms with Gasteiger partial charge in [0.05, 0.1) is 17.5 Å². The number of piperidine rings is 1. The van der Waals surface area contributed by atoms with E-state index in [0.29, 0.717) is 25.2 Å². The number of carbonyl (C=O) groups excluding carboxylic acids is 2. The molecule has 1 fully saturated rings. The molecule has 0 aliphatic carbocycles. The zero-order valence-corrected chi connectivity index (χ0v) is 17.5. The zero-order chi connectivity index (χ0) is 19.7. The number of nitrogens with zero attached hydrogens (tertiary/aromatic N) is 1. The molecular weight excluding hydrogens is 392 g/mol. The molecule has 1 aromatic carbocycles. The predicted octanol–water partition coefficient (Wildman–Crippen LogP) is 1.64. The highest BCUT2D eigenvalue weighted by Gasteiger charge is 2.36. The van der Waals surface area contributed by atoms with Crippen molar-refractivity contribution in [2.45, 2.75) is 33.2 Å². The molecule has 8 nitrogen and oxygen atoms in total. The van der Waals surface area contributed by atoms with Gasteiger partial charge in [0.2, 0.25) is 15.9 Å². The topological polar surface area (TPSA) is 122 Å². The lowest BCUT2D eigenvalue weighted by molar-refractivity contribution is -0.114. The van der Waals surface area contributed by atoms with Gasteiger partial charge >= 0.3 is 0 Å². The van der Waals surface area contributed by atoms with Crippen molar-refractivity contribution in [1.82, 2.24) is 4.90 Å². The van der Waals surface area contributed by atoms with Crippen LogP contribution in [-0.2, 0) is 14.8 Å². The molecule has 1 saturated heterocycles. The van der Waals surface area contributed by atoms with E-state index < -0.39 is 10.0 Å². The first-order valence-electron chi connectivity index (χ1n) is 8.33. The van der Waals surface area contributed by atoms with Crippen LogP contribution in [0.2, 0.25) is 0 Å². The Labute approximate surface area is 166 Å². The van der Waals surface area contributed by atoms with Crippen LogP contribution < -0.4 is 15.8 Å². The summed E-state index contributed by atoms with van der Waals surface area (Å²) in [6.45, 7) is 6.32. The van der Waals surface area contributed by atoms with Crippen molar-refractivity contribution in [3.8, 4) is 0 Å². The summed E-state index contributed by atoms with van der Waals surface area (Å²) in [4.78, 5) is 26.0. The molecule has 1 unspecified atom stereocenters. The number of amides is 2. The minimum atomic E-state index is -3.56. The van der Waals surface area contributed by atoms with Crippen molar-refractivity contribution in [3.05, 3.63) is 23.8 Å². The highest BCUT2D eigenvalue weighted by Crippen LogP contribution is 2.30. The number of nitrogens with two attached hydrogens (primary N) is 1. The first-order valence-corrected chi connectivity index (χ1v) is 10.2. The van der Waals surface area contributed by atoms with Gasteiger partial charge in [0.15, 0.2) is 0 Å². The number of hydrogen-bond acceptors (Lipinski definition) is 5. The van der Waals surface area contributed by atoms with E-state index in [4.69, 9.17) is 5.73 Å². The first kappa shape index (κ1) is 23.2. The Morgan fingerprint density at radius 2 is 1.93 bits per heavy atom. The van der Waals surface area contributed by atoms with Gasteiger partial charge in [0.1, 0.15) is 0 Å². The van der Waals surface area contributed by atoms with E-state index in [1.165, 1.54) is 19.1 Å². The number of likely N-dealkylation sites (tertiary alicyclic amines) is 1. The van der Waals surface area contributed by atoms with Gasteiger partial charge in [-0.2, -0.15) is 0 Å². The quantitative estimate of drug-likeness (QED) is 0.686. The fraction of sp³-hybridized carbons (Fsp3) is 0.529. The van der Waals surface area contributed by atoms with Crippen LogP contribution >= 0.6 is 12.4 Å². The number of rotatable bonds is 4. The monoisotopic (exact) mass is 418 g/mol. The Balaban J connectivity index is 0.00000364. The summed E-state index contributed by atoms with van der Waals surface area (Å²) in [6.07, 6.45) is 1.69. The average Bonchev–Trinajstić information content (AvgIpc) is 2.49. The molecule has 2 rings (SSSR count). The molecule has 1 aliphatic rings. The maximum Gasteiger partial charge on any atom is 0.256 e. The molecule has 10 heteroatoms. The third-order valence-corrected chi connectivity index (χ3v) is 5.06. The largest absolute Gasteiger partial charge is 0.338 e. The Hall–Kier alpha value is -1.84. The van der Waals surface area contributed by atoms with Crippen molar-refractivity contribution in [2.24, 2.45) is 11.1 Å². The second-order valence-corrected chi connectivity index (χ2v) is 9.17. The minimum absolute atomic E-state index is 0. The molecule has 2 amide bonds. The van der Waals surface area contributed by atoms with Crippen LogP contribution in [0.25, 0.3) is 0 Å². The van der Waals surface area contributed by atoms with Crippen molar-refractivity contribution in [2.75, 3.05) is 29.4 Å². The van der Waals surface area contributed by atoms with Gasteiger partial charge in [-0.25, -0.2) is 8.42 Å². The molecule has 0 saturated carbocycles. The second kappa shape index (κ2) is 8.45.